The Kier molecular flexibility index (Phi) is 5.47. The number of aromatic nitrogens is 1. The topological polar surface area (TPSA) is 108 Å². The highest BCUT2D eigenvalue weighted by Gasteiger charge is 2.24. The van der Waals surface area contributed by atoms with Crippen LogP contribution in [0.5, 0.6) is 0 Å². The summed E-state index contributed by atoms with van der Waals surface area (Å²) in [5.74, 6) is 0. The normalized spacial score (nSPS) is 13.7. The van der Waals surface area contributed by atoms with E-state index in [4.69, 9.17) is 9.84 Å². The number of methoxy groups -OCH3 is 1. The first-order valence-corrected chi connectivity index (χ1v) is 7.52. The van der Waals surface area contributed by atoms with Gasteiger partial charge in [0.05, 0.1) is 6.61 Å². The molecule has 0 fully saturated rings. The molecule has 0 bridgehead atoms. The monoisotopic (exact) mass is 296 g/mol. The van der Waals surface area contributed by atoms with E-state index in [0.29, 0.717) is 17.0 Å². The fourth-order valence-electron chi connectivity index (χ4n) is 1.45. The lowest BCUT2D eigenvalue weighted by molar-refractivity contribution is 0.158. The Balaban J connectivity index is 2.93. The van der Waals surface area contributed by atoms with Gasteiger partial charge in [-0.1, -0.05) is 11.3 Å². The number of aryl methyl sites for hydroxylation is 1. The fraction of sp³-hybridized carbons (Fsp3) is 0.667. The second-order valence-corrected chi connectivity index (χ2v) is 6.61. The number of thiazole rings is 1. The smallest absolute Gasteiger partial charge is 0.305 e. The van der Waals surface area contributed by atoms with Crippen molar-refractivity contribution >= 4 is 21.4 Å². The van der Waals surface area contributed by atoms with Crippen LogP contribution in [-0.2, 0) is 14.8 Å². The summed E-state index contributed by atoms with van der Waals surface area (Å²) in [5, 5.41) is 8.85. The van der Waals surface area contributed by atoms with Crippen molar-refractivity contribution < 1.29 is 18.3 Å². The lowest BCUT2D eigenvalue weighted by Gasteiger charge is -2.16. The van der Waals surface area contributed by atoms with E-state index in [-0.39, 0.29) is 23.8 Å². The third-order valence-electron chi connectivity index (χ3n) is 2.19. The maximum atomic E-state index is 12.0. The third-order valence-corrected chi connectivity index (χ3v) is 5.32. The summed E-state index contributed by atoms with van der Waals surface area (Å²) in [6.45, 7) is 1.51. The van der Waals surface area contributed by atoms with Crippen LogP contribution in [0.4, 0.5) is 0 Å². The minimum absolute atomic E-state index is 0.0356. The Morgan fingerprint density at radius 1 is 1.56 bits per heavy atom. The minimum atomic E-state index is -3.77. The third kappa shape index (κ3) is 3.89. The van der Waals surface area contributed by atoms with Crippen molar-refractivity contribution in [3.05, 3.63) is 15.4 Å². The van der Waals surface area contributed by atoms with Crippen LogP contribution < -0.4 is 9.60 Å². The van der Waals surface area contributed by atoms with Crippen molar-refractivity contribution in [1.29, 1.82) is 0 Å². The van der Waals surface area contributed by atoms with E-state index >= 15 is 0 Å². The standard InChI is InChI=1S/C9H16N2O5S2/c1-6-8(17-9(13)10-6)18(14,15)11-7(3-4-12)5-16-2/h7,11-12H,3-5H2,1-2H3,(H,10,13). The maximum Gasteiger partial charge on any atom is 0.305 e. The van der Waals surface area contributed by atoms with Gasteiger partial charge in [-0.3, -0.25) is 4.79 Å². The van der Waals surface area contributed by atoms with Crippen LogP contribution in [0.25, 0.3) is 0 Å². The van der Waals surface area contributed by atoms with Gasteiger partial charge in [0.15, 0.2) is 4.21 Å². The van der Waals surface area contributed by atoms with Gasteiger partial charge in [0.1, 0.15) is 0 Å². The van der Waals surface area contributed by atoms with Gasteiger partial charge in [-0.25, -0.2) is 13.1 Å². The molecule has 0 amide bonds. The van der Waals surface area contributed by atoms with E-state index in [1.54, 1.807) is 0 Å². The molecule has 18 heavy (non-hydrogen) atoms. The van der Waals surface area contributed by atoms with E-state index in [1.807, 2.05) is 0 Å². The number of nitrogens with one attached hydrogen (secondary N) is 2. The van der Waals surface area contributed by atoms with Crippen molar-refractivity contribution in [2.24, 2.45) is 0 Å². The molecule has 1 atom stereocenters. The Morgan fingerprint density at radius 3 is 2.67 bits per heavy atom. The van der Waals surface area contributed by atoms with Gasteiger partial charge < -0.3 is 14.8 Å². The summed E-state index contributed by atoms with van der Waals surface area (Å²) in [6, 6.07) is -0.526. The summed E-state index contributed by atoms with van der Waals surface area (Å²) in [4.78, 5) is 13.1. The number of hydrogen-bond acceptors (Lipinski definition) is 6. The van der Waals surface area contributed by atoms with Gasteiger partial charge >= 0.3 is 4.87 Å². The highest BCUT2D eigenvalue weighted by molar-refractivity contribution is 7.91. The van der Waals surface area contributed by atoms with Crippen LogP contribution in [0.2, 0.25) is 0 Å². The molecule has 9 heteroatoms. The zero-order valence-electron chi connectivity index (χ0n) is 10.1. The van der Waals surface area contributed by atoms with E-state index in [0.717, 1.165) is 0 Å². The van der Waals surface area contributed by atoms with Crippen LogP contribution in [0.1, 0.15) is 12.1 Å². The van der Waals surface area contributed by atoms with Crippen molar-refractivity contribution in [2.45, 2.75) is 23.6 Å². The summed E-state index contributed by atoms with van der Waals surface area (Å²) < 4.78 is 31.3. The van der Waals surface area contributed by atoms with Crippen molar-refractivity contribution in [3.63, 3.8) is 0 Å². The summed E-state index contributed by atoms with van der Waals surface area (Å²) in [5.41, 5.74) is 0.303. The zero-order valence-corrected chi connectivity index (χ0v) is 11.7. The van der Waals surface area contributed by atoms with Crippen LogP contribution in [0.3, 0.4) is 0 Å². The van der Waals surface area contributed by atoms with Crippen LogP contribution in [0.15, 0.2) is 9.00 Å². The molecule has 0 saturated carbocycles. The highest BCUT2D eigenvalue weighted by Crippen LogP contribution is 2.16. The molecule has 1 aromatic heterocycles. The average molecular weight is 296 g/mol. The van der Waals surface area contributed by atoms with E-state index in [1.165, 1.54) is 14.0 Å². The Bertz CT molecular complexity index is 527. The van der Waals surface area contributed by atoms with Crippen molar-refractivity contribution in [1.82, 2.24) is 9.71 Å². The van der Waals surface area contributed by atoms with Crippen molar-refractivity contribution in [2.75, 3.05) is 20.3 Å². The lowest BCUT2D eigenvalue weighted by atomic mass is 10.2. The first kappa shape index (κ1) is 15.3. The average Bonchev–Trinajstić information content (AvgIpc) is 2.59. The highest BCUT2D eigenvalue weighted by atomic mass is 32.2. The molecule has 0 saturated heterocycles. The molecular formula is C9H16N2O5S2. The fourth-order valence-corrected chi connectivity index (χ4v) is 4.03. The molecule has 1 heterocycles. The number of ether oxygens (including phenoxy) is 1. The number of hydrogen-bond donors (Lipinski definition) is 3. The molecule has 1 aromatic rings. The molecule has 1 unspecified atom stereocenters. The quantitative estimate of drug-likeness (QED) is 0.624. The number of aromatic amines is 1. The van der Waals surface area contributed by atoms with Gasteiger partial charge in [-0.15, -0.1) is 0 Å². The molecule has 0 aliphatic rings. The van der Waals surface area contributed by atoms with E-state index in [9.17, 15) is 13.2 Å². The molecule has 0 aromatic carbocycles. The first-order chi connectivity index (χ1) is 8.40. The molecule has 1 rings (SSSR count). The maximum absolute atomic E-state index is 12.0. The number of aliphatic hydroxyl groups is 1. The zero-order chi connectivity index (χ0) is 13.8. The van der Waals surface area contributed by atoms with Crippen LogP contribution in [-0.4, -0.2) is 44.9 Å². The van der Waals surface area contributed by atoms with Crippen LogP contribution >= 0.6 is 11.3 Å². The molecule has 0 spiro atoms. The summed E-state index contributed by atoms with van der Waals surface area (Å²) >= 11 is 0.635. The molecule has 7 nitrogen and oxygen atoms in total. The van der Waals surface area contributed by atoms with Gasteiger partial charge in [0.25, 0.3) is 10.0 Å². The predicted octanol–water partition coefficient (Wildman–Crippen LogP) is -0.579. The Morgan fingerprint density at radius 2 is 2.22 bits per heavy atom. The largest absolute Gasteiger partial charge is 0.396 e. The molecule has 104 valence electrons. The summed E-state index contributed by atoms with van der Waals surface area (Å²) in [7, 11) is -2.32. The molecule has 3 N–H and O–H groups in total. The van der Waals surface area contributed by atoms with Gasteiger partial charge in [-0.05, 0) is 13.3 Å². The predicted molar refractivity (Wildman–Crippen MR) is 67.4 cm³/mol. The number of sulfonamides is 1. The number of H-pyrrole nitrogens is 1. The van der Waals surface area contributed by atoms with E-state index in [2.05, 4.69) is 9.71 Å². The lowest BCUT2D eigenvalue weighted by Crippen LogP contribution is -2.38. The van der Waals surface area contributed by atoms with Gasteiger partial charge in [-0.2, -0.15) is 0 Å². The van der Waals surface area contributed by atoms with Crippen LogP contribution in [0, 0.1) is 6.92 Å². The molecule has 0 radical (unpaired) electrons. The first-order valence-electron chi connectivity index (χ1n) is 5.22. The number of aliphatic hydroxyl groups excluding tert-OH is 1. The van der Waals surface area contributed by atoms with Gasteiger partial charge in [0.2, 0.25) is 0 Å². The SMILES string of the molecule is COCC(CCO)NS(=O)(=O)c1sc(=O)[nH]c1C. The number of rotatable bonds is 7. The van der Waals surface area contributed by atoms with Gasteiger partial charge in [0, 0.05) is 25.5 Å². The van der Waals surface area contributed by atoms with Crippen molar-refractivity contribution in [3.8, 4) is 0 Å². The second-order valence-electron chi connectivity index (χ2n) is 3.71. The van der Waals surface area contributed by atoms with E-state index < -0.39 is 20.9 Å². The second kappa shape index (κ2) is 6.43. The minimum Gasteiger partial charge on any atom is -0.396 e. The Labute approximate surface area is 109 Å². The summed E-state index contributed by atoms with van der Waals surface area (Å²) in [6.07, 6.45) is 0.242. The Hall–Kier alpha value is -0.740. The molecule has 0 aliphatic carbocycles. The molecule has 0 aliphatic heterocycles. The molecular weight excluding hydrogens is 280 g/mol.